The molecule has 1 atom stereocenters. The maximum Gasteiger partial charge on any atom is 0.233 e. The molecular formula is C17H23N5OS. The molecule has 0 spiro atoms. The van der Waals surface area contributed by atoms with Gasteiger partial charge in [0.25, 0.3) is 0 Å². The maximum absolute atomic E-state index is 12.4. The Kier molecular flexibility index (Phi) is 5.52. The highest BCUT2D eigenvalue weighted by Gasteiger charge is 2.24. The number of piperazine rings is 1. The highest BCUT2D eigenvalue weighted by Crippen LogP contribution is 2.22. The summed E-state index contributed by atoms with van der Waals surface area (Å²) < 4.78 is 1.83. The SMILES string of the molecule is C[C@H](c1ccccc1)N1CCN(C(=O)CSc2nncn2C)CC1. The van der Waals surface area contributed by atoms with Crippen LogP contribution in [-0.4, -0.2) is 62.4 Å². The first-order valence-electron chi connectivity index (χ1n) is 8.18. The van der Waals surface area contributed by atoms with Gasteiger partial charge in [-0.25, -0.2) is 0 Å². The summed E-state index contributed by atoms with van der Waals surface area (Å²) >= 11 is 1.44. The molecule has 0 N–H and O–H groups in total. The molecule has 0 aliphatic carbocycles. The number of benzene rings is 1. The Hall–Kier alpha value is -1.86. The fourth-order valence-electron chi connectivity index (χ4n) is 2.92. The van der Waals surface area contributed by atoms with Crippen LogP contribution in [0.2, 0.25) is 0 Å². The third-order valence-corrected chi connectivity index (χ3v) is 5.51. The lowest BCUT2D eigenvalue weighted by Gasteiger charge is -2.38. The van der Waals surface area contributed by atoms with Crippen molar-refractivity contribution in [2.24, 2.45) is 7.05 Å². The van der Waals surface area contributed by atoms with Crippen molar-refractivity contribution in [2.75, 3.05) is 31.9 Å². The minimum atomic E-state index is 0.176. The zero-order valence-corrected chi connectivity index (χ0v) is 14.9. The first kappa shape index (κ1) is 17.0. The second-order valence-electron chi connectivity index (χ2n) is 6.02. The van der Waals surface area contributed by atoms with Crippen LogP contribution in [0.15, 0.2) is 41.8 Å². The number of carbonyl (C=O) groups is 1. The van der Waals surface area contributed by atoms with Crippen LogP contribution >= 0.6 is 11.8 Å². The Balaban J connectivity index is 1.48. The monoisotopic (exact) mass is 345 g/mol. The summed E-state index contributed by atoms with van der Waals surface area (Å²) in [5.41, 5.74) is 1.33. The Morgan fingerprint density at radius 2 is 1.92 bits per heavy atom. The number of hydrogen-bond acceptors (Lipinski definition) is 5. The first-order chi connectivity index (χ1) is 11.6. The lowest BCUT2D eigenvalue weighted by molar-refractivity contribution is -0.130. The molecule has 0 bridgehead atoms. The number of thioether (sulfide) groups is 1. The van der Waals surface area contributed by atoms with E-state index in [9.17, 15) is 4.79 Å². The summed E-state index contributed by atoms with van der Waals surface area (Å²) in [6.07, 6.45) is 1.65. The molecule has 3 rings (SSSR count). The second kappa shape index (κ2) is 7.81. The van der Waals surface area contributed by atoms with Crippen molar-refractivity contribution in [2.45, 2.75) is 18.1 Å². The van der Waals surface area contributed by atoms with Gasteiger partial charge in [-0.1, -0.05) is 42.1 Å². The van der Waals surface area contributed by atoms with E-state index in [1.54, 1.807) is 6.33 Å². The Morgan fingerprint density at radius 3 is 2.54 bits per heavy atom. The third-order valence-electron chi connectivity index (χ3n) is 4.49. The molecule has 1 aromatic carbocycles. The van der Waals surface area contributed by atoms with Crippen LogP contribution in [0, 0.1) is 0 Å². The van der Waals surface area contributed by atoms with E-state index in [1.165, 1.54) is 17.3 Å². The fraction of sp³-hybridized carbons (Fsp3) is 0.471. The van der Waals surface area contributed by atoms with Gasteiger partial charge < -0.3 is 9.47 Å². The molecule has 1 aliphatic rings. The van der Waals surface area contributed by atoms with Gasteiger partial charge in [-0.15, -0.1) is 10.2 Å². The number of aryl methyl sites for hydroxylation is 1. The molecule has 1 saturated heterocycles. The van der Waals surface area contributed by atoms with Crippen LogP contribution in [-0.2, 0) is 11.8 Å². The molecule has 6 nitrogen and oxygen atoms in total. The summed E-state index contributed by atoms with van der Waals surface area (Å²) in [4.78, 5) is 16.8. The van der Waals surface area contributed by atoms with Crippen LogP contribution in [0.1, 0.15) is 18.5 Å². The second-order valence-corrected chi connectivity index (χ2v) is 6.96. The molecule has 0 radical (unpaired) electrons. The molecule has 24 heavy (non-hydrogen) atoms. The van der Waals surface area contributed by atoms with Crippen molar-refractivity contribution >= 4 is 17.7 Å². The van der Waals surface area contributed by atoms with Crippen molar-refractivity contribution in [3.63, 3.8) is 0 Å². The van der Waals surface area contributed by atoms with E-state index in [0.717, 1.165) is 31.3 Å². The van der Waals surface area contributed by atoms with Gasteiger partial charge in [0.2, 0.25) is 5.91 Å². The average Bonchev–Trinajstić information content (AvgIpc) is 3.05. The largest absolute Gasteiger partial charge is 0.339 e. The molecule has 2 aromatic rings. The van der Waals surface area contributed by atoms with Crippen molar-refractivity contribution < 1.29 is 4.79 Å². The Labute approximate surface area is 146 Å². The van der Waals surface area contributed by atoms with Crippen LogP contribution in [0.25, 0.3) is 0 Å². The van der Waals surface area contributed by atoms with Gasteiger partial charge in [0.05, 0.1) is 5.75 Å². The first-order valence-corrected chi connectivity index (χ1v) is 9.17. The zero-order chi connectivity index (χ0) is 16.9. The lowest BCUT2D eigenvalue weighted by atomic mass is 10.1. The van der Waals surface area contributed by atoms with Gasteiger partial charge in [0, 0.05) is 39.3 Å². The standard InChI is InChI=1S/C17H23N5OS/c1-14(15-6-4-3-5-7-15)21-8-10-22(11-9-21)16(23)12-24-17-19-18-13-20(17)2/h3-7,13-14H,8-12H2,1-2H3/t14-/m1/s1. The topological polar surface area (TPSA) is 54.3 Å². The molecule has 1 amide bonds. The van der Waals surface area contributed by atoms with E-state index in [-0.39, 0.29) is 5.91 Å². The van der Waals surface area contributed by atoms with E-state index < -0.39 is 0 Å². The predicted octanol–water partition coefficient (Wildman–Crippen LogP) is 1.81. The number of amides is 1. The summed E-state index contributed by atoms with van der Waals surface area (Å²) in [6, 6.07) is 10.9. The summed E-state index contributed by atoms with van der Waals surface area (Å²) in [5.74, 6) is 0.593. The molecule has 128 valence electrons. The van der Waals surface area contributed by atoms with E-state index in [0.29, 0.717) is 11.8 Å². The zero-order valence-electron chi connectivity index (χ0n) is 14.1. The number of nitrogens with zero attached hydrogens (tertiary/aromatic N) is 5. The van der Waals surface area contributed by atoms with E-state index in [4.69, 9.17) is 0 Å². The van der Waals surface area contributed by atoms with Gasteiger partial charge in [-0.3, -0.25) is 9.69 Å². The van der Waals surface area contributed by atoms with Gasteiger partial charge in [0.15, 0.2) is 5.16 Å². The fourth-order valence-corrected chi connectivity index (χ4v) is 3.71. The molecule has 0 saturated carbocycles. The summed E-state index contributed by atoms with van der Waals surface area (Å²) in [6.45, 7) is 5.63. The number of rotatable bonds is 5. The highest BCUT2D eigenvalue weighted by molar-refractivity contribution is 7.99. The van der Waals surface area contributed by atoms with E-state index >= 15 is 0 Å². The lowest BCUT2D eigenvalue weighted by Crippen LogP contribution is -2.49. The van der Waals surface area contributed by atoms with Crippen molar-refractivity contribution in [3.8, 4) is 0 Å². The van der Waals surface area contributed by atoms with Crippen molar-refractivity contribution in [1.82, 2.24) is 24.6 Å². The predicted molar refractivity (Wildman–Crippen MR) is 94.7 cm³/mol. The molecule has 7 heteroatoms. The average molecular weight is 345 g/mol. The number of hydrogen-bond donors (Lipinski definition) is 0. The smallest absolute Gasteiger partial charge is 0.233 e. The minimum Gasteiger partial charge on any atom is -0.339 e. The molecule has 1 fully saturated rings. The summed E-state index contributed by atoms with van der Waals surface area (Å²) in [7, 11) is 1.89. The van der Waals surface area contributed by atoms with Gasteiger partial charge >= 0.3 is 0 Å². The quantitative estimate of drug-likeness (QED) is 0.774. The van der Waals surface area contributed by atoms with Crippen LogP contribution < -0.4 is 0 Å². The molecule has 0 unspecified atom stereocenters. The van der Waals surface area contributed by atoms with Crippen LogP contribution in [0.5, 0.6) is 0 Å². The van der Waals surface area contributed by atoms with Crippen molar-refractivity contribution in [3.05, 3.63) is 42.2 Å². The molecule has 1 aliphatic heterocycles. The third kappa shape index (κ3) is 3.96. The van der Waals surface area contributed by atoms with Gasteiger partial charge in [-0.05, 0) is 12.5 Å². The van der Waals surface area contributed by atoms with Crippen LogP contribution in [0.4, 0.5) is 0 Å². The van der Waals surface area contributed by atoms with Crippen LogP contribution in [0.3, 0.4) is 0 Å². The number of carbonyl (C=O) groups excluding carboxylic acids is 1. The minimum absolute atomic E-state index is 0.176. The Bertz CT molecular complexity index is 667. The van der Waals surface area contributed by atoms with Gasteiger partial charge in [0.1, 0.15) is 6.33 Å². The van der Waals surface area contributed by atoms with Gasteiger partial charge in [-0.2, -0.15) is 0 Å². The highest BCUT2D eigenvalue weighted by atomic mass is 32.2. The van der Waals surface area contributed by atoms with E-state index in [1.807, 2.05) is 22.6 Å². The Morgan fingerprint density at radius 1 is 1.21 bits per heavy atom. The molecule has 1 aromatic heterocycles. The molecular weight excluding hydrogens is 322 g/mol. The number of aromatic nitrogens is 3. The molecule has 2 heterocycles. The maximum atomic E-state index is 12.4. The van der Waals surface area contributed by atoms with Crippen molar-refractivity contribution in [1.29, 1.82) is 0 Å². The normalized spacial score (nSPS) is 17.0. The van der Waals surface area contributed by atoms with E-state index in [2.05, 4.69) is 46.3 Å². The summed E-state index contributed by atoms with van der Waals surface area (Å²) in [5, 5.41) is 8.61.